The highest BCUT2D eigenvalue weighted by Crippen LogP contribution is 2.41. The molecule has 2 aromatic heterocycles. The van der Waals surface area contributed by atoms with Crippen LogP contribution < -0.4 is 0 Å². The molecule has 10 rings (SSSR count). The van der Waals surface area contributed by atoms with E-state index in [1.807, 2.05) is 36.4 Å². The maximum atomic E-state index is 5.17. The molecule has 0 unspecified atom stereocenters. The van der Waals surface area contributed by atoms with Gasteiger partial charge in [-0.1, -0.05) is 196 Å². The van der Waals surface area contributed by atoms with Crippen molar-refractivity contribution in [3.63, 3.8) is 0 Å². The minimum Gasteiger partial charge on any atom is -0.228 e. The Labute approximate surface area is 358 Å². The standard InChI is InChI=1S/C57H46N4/c1-3-57(4-2,45-33-29-41(30-34-45)51-37-53(60-55(58-51)43-19-7-5-8-20-43)49-27-15-23-39-17-11-13-25-47(39)49)46-35-31-42(32-36-46)52-38-54(61-56(59-52)44-21-9-6-10-22-44)50-28-16-24-40-18-12-14-26-48(40)50/h5-11,13-17,19-38H,3-4,12,18H2,1-2H3. The molecule has 0 aliphatic heterocycles. The van der Waals surface area contributed by atoms with Crippen molar-refractivity contribution >= 4 is 16.8 Å². The van der Waals surface area contributed by atoms with Crippen molar-refractivity contribution in [3.05, 3.63) is 210 Å². The second-order valence-electron chi connectivity index (χ2n) is 15.9. The SMILES string of the molecule is CCC(CC)(c1ccc(-c2cc(-c3cccc4c3C=CCC4)nc(-c3ccccc3)n2)cc1)c1ccc(-c2cc(-c3cccc4ccccc34)nc(-c3ccccc3)n2)cc1. The molecule has 61 heavy (non-hydrogen) atoms. The molecule has 0 spiro atoms. The topological polar surface area (TPSA) is 51.6 Å². The van der Waals surface area contributed by atoms with Gasteiger partial charge in [-0.3, -0.25) is 0 Å². The molecule has 0 saturated heterocycles. The van der Waals surface area contributed by atoms with Crippen LogP contribution in [0.2, 0.25) is 0 Å². The number of allylic oxidation sites excluding steroid dienone is 1. The molecular formula is C57H46N4. The van der Waals surface area contributed by atoms with Crippen LogP contribution in [0.4, 0.5) is 0 Å². The molecule has 4 heteroatoms. The molecular weight excluding hydrogens is 741 g/mol. The van der Waals surface area contributed by atoms with Crippen molar-refractivity contribution in [2.24, 2.45) is 0 Å². The fourth-order valence-corrected chi connectivity index (χ4v) is 9.19. The van der Waals surface area contributed by atoms with Crippen LogP contribution in [0.25, 0.3) is 84.7 Å². The van der Waals surface area contributed by atoms with Crippen molar-refractivity contribution in [3.8, 4) is 67.8 Å². The Morgan fingerprint density at radius 3 is 1.52 bits per heavy atom. The van der Waals surface area contributed by atoms with Crippen LogP contribution in [0.15, 0.2) is 188 Å². The van der Waals surface area contributed by atoms with Crippen LogP contribution in [-0.2, 0) is 11.8 Å². The summed E-state index contributed by atoms with van der Waals surface area (Å²) in [7, 11) is 0. The van der Waals surface area contributed by atoms with E-state index in [9.17, 15) is 0 Å². The number of benzene rings is 7. The molecule has 9 aromatic rings. The molecule has 0 amide bonds. The van der Waals surface area contributed by atoms with E-state index in [0.717, 1.165) is 87.7 Å². The zero-order valence-corrected chi connectivity index (χ0v) is 34.6. The number of fused-ring (bicyclic) bond motifs is 2. The molecule has 0 fully saturated rings. The molecule has 0 N–H and O–H groups in total. The maximum Gasteiger partial charge on any atom is 0.160 e. The van der Waals surface area contributed by atoms with Crippen molar-refractivity contribution in [2.75, 3.05) is 0 Å². The highest BCUT2D eigenvalue weighted by Gasteiger charge is 2.31. The summed E-state index contributed by atoms with van der Waals surface area (Å²) in [6.45, 7) is 4.60. The first kappa shape index (κ1) is 37.9. The van der Waals surface area contributed by atoms with E-state index < -0.39 is 0 Å². The molecule has 7 aromatic carbocycles. The Balaban J connectivity index is 1.01. The Hall–Kier alpha value is -7.30. The molecule has 0 saturated carbocycles. The van der Waals surface area contributed by atoms with Crippen LogP contribution in [0.3, 0.4) is 0 Å². The van der Waals surface area contributed by atoms with Gasteiger partial charge in [0.25, 0.3) is 0 Å². The number of aryl methyl sites for hydroxylation is 1. The monoisotopic (exact) mass is 786 g/mol. The number of hydrogen-bond donors (Lipinski definition) is 0. The van der Waals surface area contributed by atoms with Crippen LogP contribution in [0.1, 0.15) is 55.4 Å². The van der Waals surface area contributed by atoms with Gasteiger partial charge in [0, 0.05) is 38.8 Å². The summed E-state index contributed by atoms with van der Waals surface area (Å²) in [6, 6.07) is 64.6. The van der Waals surface area contributed by atoms with Gasteiger partial charge in [0.15, 0.2) is 11.6 Å². The summed E-state index contributed by atoms with van der Waals surface area (Å²) in [6.07, 6.45) is 8.57. The van der Waals surface area contributed by atoms with Gasteiger partial charge in [0.05, 0.1) is 22.8 Å². The zero-order valence-electron chi connectivity index (χ0n) is 34.6. The summed E-state index contributed by atoms with van der Waals surface area (Å²) >= 11 is 0. The van der Waals surface area contributed by atoms with Gasteiger partial charge >= 0.3 is 0 Å². The molecule has 1 aliphatic carbocycles. The number of nitrogens with zero attached hydrogens (tertiary/aromatic N) is 4. The number of aromatic nitrogens is 4. The minimum absolute atomic E-state index is 0.173. The van der Waals surface area contributed by atoms with Crippen molar-refractivity contribution in [1.29, 1.82) is 0 Å². The van der Waals surface area contributed by atoms with Gasteiger partial charge in [0.1, 0.15) is 0 Å². The summed E-state index contributed by atoms with van der Waals surface area (Å²) in [5.74, 6) is 1.45. The van der Waals surface area contributed by atoms with Gasteiger partial charge in [0.2, 0.25) is 0 Å². The average Bonchev–Trinajstić information content (AvgIpc) is 3.35. The van der Waals surface area contributed by atoms with Crippen molar-refractivity contribution in [2.45, 2.75) is 44.9 Å². The zero-order chi connectivity index (χ0) is 41.2. The van der Waals surface area contributed by atoms with E-state index in [-0.39, 0.29) is 5.41 Å². The van der Waals surface area contributed by atoms with Crippen LogP contribution in [0, 0.1) is 0 Å². The first-order valence-electron chi connectivity index (χ1n) is 21.5. The largest absolute Gasteiger partial charge is 0.228 e. The van der Waals surface area contributed by atoms with Crippen molar-refractivity contribution < 1.29 is 0 Å². The second-order valence-corrected chi connectivity index (χ2v) is 15.9. The van der Waals surface area contributed by atoms with E-state index >= 15 is 0 Å². The summed E-state index contributed by atoms with van der Waals surface area (Å²) in [5, 5.41) is 2.37. The smallest absolute Gasteiger partial charge is 0.160 e. The second kappa shape index (κ2) is 16.4. The maximum absolute atomic E-state index is 5.17. The average molecular weight is 787 g/mol. The summed E-state index contributed by atoms with van der Waals surface area (Å²) in [4.78, 5) is 20.6. The van der Waals surface area contributed by atoms with E-state index in [2.05, 4.69) is 172 Å². The Morgan fingerprint density at radius 2 is 0.934 bits per heavy atom. The molecule has 0 radical (unpaired) electrons. The van der Waals surface area contributed by atoms with E-state index in [1.165, 1.54) is 33.0 Å². The lowest BCUT2D eigenvalue weighted by Gasteiger charge is -2.33. The highest BCUT2D eigenvalue weighted by molar-refractivity contribution is 5.96. The predicted molar refractivity (Wildman–Crippen MR) is 253 cm³/mol. The lowest BCUT2D eigenvalue weighted by Crippen LogP contribution is -2.26. The molecule has 0 bridgehead atoms. The Bertz CT molecular complexity index is 3020. The fraction of sp³-hybridized carbons (Fsp3) is 0.123. The van der Waals surface area contributed by atoms with Crippen molar-refractivity contribution in [1.82, 2.24) is 19.9 Å². The fourth-order valence-electron chi connectivity index (χ4n) is 9.19. The highest BCUT2D eigenvalue weighted by atomic mass is 14.9. The third-order valence-electron chi connectivity index (χ3n) is 12.6. The summed E-state index contributed by atoms with van der Waals surface area (Å²) < 4.78 is 0. The molecule has 294 valence electrons. The molecule has 0 atom stereocenters. The van der Waals surface area contributed by atoms with E-state index in [4.69, 9.17) is 19.9 Å². The van der Waals surface area contributed by atoms with Gasteiger partial charge in [-0.05, 0) is 70.8 Å². The van der Waals surface area contributed by atoms with Crippen LogP contribution in [0.5, 0.6) is 0 Å². The van der Waals surface area contributed by atoms with Gasteiger partial charge in [-0.15, -0.1) is 0 Å². The predicted octanol–water partition coefficient (Wildman–Crippen LogP) is 14.5. The third-order valence-corrected chi connectivity index (χ3v) is 12.6. The number of hydrogen-bond acceptors (Lipinski definition) is 4. The third kappa shape index (κ3) is 7.25. The molecule has 2 heterocycles. The minimum atomic E-state index is -0.173. The first-order valence-corrected chi connectivity index (χ1v) is 21.5. The van der Waals surface area contributed by atoms with Gasteiger partial charge in [-0.25, -0.2) is 19.9 Å². The van der Waals surface area contributed by atoms with E-state index in [0.29, 0.717) is 5.82 Å². The normalized spacial score (nSPS) is 12.4. The van der Waals surface area contributed by atoms with Crippen LogP contribution >= 0.6 is 0 Å². The quantitative estimate of drug-likeness (QED) is 0.139. The Morgan fingerprint density at radius 1 is 0.443 bits per heavy atom. The van der Waals surface area contributed by atoms with Gasteiger partial charge in [-0.2, -0.15) is 0 Å². The van der Waals surface area contributed by atoms with Crippen LogP contribution in [-0.4, -0.2) is 19.9 Å². The molecule has 1 aliphatic rings. The van der Waals surface area contributed by atoms with E-state index in [1.54, 1.807) is 0 Å². The lowest BCUT2D eigenvalue weighted by molar-refractivity contribution is 0.478. The molecule has 4 nitrogen and oxygen atoms in total. The summed E-state index contributed by atoms with van der Waals surface area (Å²) in [5.41, 5.74) is 15.1. The number of rotatable bonds is 10. The lowest BCUT2D eigenvalue weighted by atomic mass is 9.70. The Kier molecular flexibility index (Phi) is 10.2. The first-order chi connectivity index (χ1) is 30.1. The van der Waals surface area contributed by atoms with Gasteiger partial charge < -0.3 is 0 Å².